The molecule has 0 aromatic heterocycles. The number of ether oxygens (including phenoxy) is 1. The van der Waals surface area contributed by atoms with Crippen LogP contribution in [-0.2, 0) is 4.74 Å². The van der Waals surface area contributed by atoms with Crippen molar-refractivity contribution in [3.63, 3.8) is 0 Å². The second kappa shape index (κ2) is 5.48. The van der Waals surface area contributed by atoms with Gasteiger partial charge in [-0.25, -0.2) is 0 Å². The zero-order valence-corrected chi connectivity index (χ0v) is 11.7. The molecule has 0 bridgehead atoms. The van der Waals surface area contributed by atoms with Gasteiger partial charge in [0.2, 0.25) is 0 Å². The van der Waals surface area contributed by atoms with Crippen molar-refractivity contribution >= 4 is 17.3 Å². The summed E-state index contributed by atoms with van der Waals surface area (Å²) >= 11 is 0. The molecule has 0 unspecified atom stereocenters. The number of methoxy groups -OCH3 is 1. The summed E-state index contributed by atoms with van der Waals surface area (Å²) in [7, 11) is 1.63. The average molecular weight is 263 g/mol. The van der Waals surface area contributed by atoms with Gasteiger partial charge in [-0.05, 0) is 26.0 Å². The second-order valence-corrected chi connectivity index (χ2v) is 5.35. The van der Waals surface area contributed by atoms with Gasteiger partial charge in [0.05, 0.1) is 29.1 Å². The molecule has 0 aliphatic carbocycles. The summed E-state index contributed by atoms with van der Waals surface area (Å²) in [6.07, 6.45) is 0. The van der Waals surface area contributed by atoms with Gasteiger partial charge in [0.1, 0.15) is 0 Å². The van der Waals surface area contributed by atoms with Gasteiger partial charge >= 0.3 is 0 Å². The van der Waals surface area contributed by atoms with E-state index < -0.39 is 5.54 Å². The third kappa shape index (κ3) is 3.17. The number of para-hydroxylation sites is 1. The standard InChI is InChI=1S/C14H21N3O2/c1-14(2,9-19-3)17-13(18)10-5-4-6-11-12(10)16-8-7-15-11/h4-6,15-16H,7-9H2,1-3H3,(H,17,18). The van der Waals surface area contributed by atoms with Gasteiger partial charge < -0.3 is 20.7 Å². The first kappa shape index (κ1) is 13.7. The van der Waals surface area contributed by atoms with Gasteiger partial charge in [0.25, 0.3) is 5.91 Å². The molecule has 0 radical (unpaired) electrons. The Morgan fingerprint density at radius 2 is 2.11 bits per heavy atom. The third-order valence-corrected chi connectivity index (χ3v) is 3.01. The first-order valence-corrected chi connectivity index (χ1v) is 6.46. The highest BCUT2D eigenvalue weighted by atomic mass is 16.5. The molecule has 1 aliphatic heterocycles. The maximum absolute atomic E-state index is 12.4. The highest BCUT2D eigenvalue weighted by Crippen LogP contribution is 2.28. The fourth-order valence-corrected chi connectivity index (χ4v) is 2.24. The van der Waals surface area contributed by atoms with Crippen LogP contribution in [-0.4, -0.2) is 38.3 Å². The Hall–Kier alpha value is -1.75. The molecule has 3 N–H and O–H groups in total. The Labute approximate surface area is 113 Å². The van der Waals surface area contributed by atoms with Crippen molar-refractivity contribution in [2.24, 2.45) is 0 Å². The lowest BCUT2D eigenvalue weighted by molar-refractivity contribution is 0.0820. The van der Waals surface area contributed by atoms with Crippen LogP contribution >= 0.6 is 0 Å². The number of amides is 1. The van der Waals surface area contributed by atoms with E-state index in [1.807, 2.05) is 32.0 Å². The predicted molar refractivity (Wildman–Crippen MR) is 76.8 cm³/mol. The normalized spacial score (nSPS) is 14.1. The van der Waals surface area contributed by atoms with E-state index in [1.165, 1.54) is 0 Å². The molecule has 19 heavy (non-hydrogen) atoms. The molecule has 5 heteroatoms. The number of carbonyl (C=O) groups is 1. The number of fused-ring (bicyclic) bond motifs is 1. The Bertz CT molecular complexity index is 472. The molecule has 1 aliphatic rings. The summed E-state index contributed by atoms with van der Waals surface area (Å²) in [5.74, 6) is -0.0879. The molecule has 1 heterocycles. The Balaban J connectivity index is 2.20. The second-order valence-electron chi connectivity index (χ2n) is 5.35. The minimum Gasteiger partial charge on any atom is -0.382 e. The Morgan fingerprint density at radius 1 is 1.37 bits per heavy atom. The minimum atomic E-state index is -0.392. The molecular formula is C14H21N3O2. The van der Waals surface area contributed by atoms with Gasteiger partial charge in [0.15, 0.2) is 0 Å². The lowest BCUT2D eigenvalue weighted by Gasteiger charge is -2.27. The van der Waals surface area contributed by atoms with Crippen LogP contribution < -0.4 is 16.0 Å². The highest BCUT2D eigenvalue weighted by molar-refractivity contribution is 6.03. The number of hydrogen-bond acceptors (Lipinski definition) is 4. The minimum absolute atomic E-state index is 0.0879. The maximum atomic E-state index is 12.4. The van der Waals surface area contributed by atoms with Crippen LogP contribution in [0.3, 0.4) is 0 Å². The predicted octanol–water partition coefficient (Wildman–Crippen LogP) is 1.68. The fraction of sp³-hybridized carbons (Fsp3) is 0.500. The van der Waals surface area contributed by atoms with Gasteiger partial charge in [-0.1, -0.05) is 6.07 Å². The smallest absolute Gasteiger partial charge is 0.253 e. The van der Waals surface area contributed by atoms with Crippen LogP contribution in [0.25, 0.3) is 0 Å². The van der Waals surface area contributed by atoms with Crippen LogP contribution in [0, 0.1) is 0 Å². The largest absolute Gasteiger partial charge is 0.382 e. The van der Waals surface area contributed by atoms with Crippen molar-refractivity contribution < 1.29 is 9.53 Å². The summed E-state index contributed by atoms with van der Waals surface area (Å²) in [4.78, 5) is 12.4. The molecule has 0 atom stereocenters. The van der Waals surface area contributed by atoms with Crippen molar-refractivity contribution in [1.29, 1.82) is 0 Å². The quantitative estimate of drug-likeness (QED) is 0.773. The first-order chi connectivity index (χ1) is 9.03. The van der Waals surface area contributed by atoms with Gasteiger partial charge in [-0.2, -0.15) is 0 Å². The number of carbonyl (C=O) groups excluding carboxylic acids is 1. The van der Waals surface area contributed by atoms with E-state index in [4.69, 9.17) is 4.74 Å². The SMILES string of the molecule is COCC(C)(C)NC(=O)c1cccc2c1NCCN2. The Morgan fingerprint density at radius 3 is 2.84 bits per heavy atom. The molecule has 0 fully saturated rings. The highest BCUT2D eigenvalue weighted by Gasteiger charge is 2.24. The van der Waals surface area contributed by atoms with Crippen LogP contribution in [0.2, 0.25) is 0 Å². The van der Waals surface area contributed by atoms with E-state index in [2.05, 4.69) is 16.0 Å². The molecule has 5 nitrogen and oxygen atoms in total. The molecule has 0 spiro atoms. The Kier molecular flexibility index (Phi) is 3.95. The van der Waals surface area contributed by atoms with E-state index >= 15 is 0 Å². The molecular weight excluding hydrogens is 242 g/mol. The summed E-state index contributed by atoms with van der Waals surface area (Å²) in [6.45, 7) is 6.04. The van der Waals surface area contributed by atoms with Crippen molar-refractivity contribution in [2.45, 2.75) is 19.4 Å². The summed E-state index contributed by atoms with van der Waals surface area (Å²) in [5, 5.41) is 9.55. The number of rotatable bonds is 4. The zero-order valence-electron chi connectivity index (χ0n) is 11.7. The molecule has 2 rings (SSSR count). The lowest BCUT2D eigenvalue weighted by Crippen LogP contribution is -2.47. The van der Waals surface area contributed by atoms with E-state index in [1.54, 1.807) is 7.11 Å². The van der Waals surface area contributed by atoms with Gasteiger partial charge in [-0.3, -0.25) is 4.79 Å². The van der Waals surface area contributed by atoms with E-state index in [-0.39, 0.29) is 5.91 Å². The van der Waals surface area contributed by atoms with E-state index in [9.17, 15) is 4.79 Å². The molecule has 0 saturated heterocycles. The monoisotopic (exact) mass is 263 g/mol. The van der Waals surface area contributed by atoms with Gasteiger partial charge in [0, 0.05) is 20.2 Å². The van der Waals surface area contributed by atoms with Gasteiger partial charge in [-0.15, -0.1) is 0 Å². The first-order valence-electron chi connectivity index (χ1n) is 6.46. The molecule has 0 saturated carbocycles. The van der Waals surface area contributed by atoms with E-state index in [0.29, 0.717) is 12.2 Å². The van der Waals surface area contributed by atoms with Crippen LogP contribution in [0.4, 0.5) is 11.4 Å². The van der Waals surface area contributed by atoms with Crippen molar-refractivity contribution in [3.05, 3.63) is 23.8 Å². The molecule has 104 valence electrons. The summed E-state index contributed by atoms with van der Waals surface area (Å²) < 4.78 is 5.11. The molecule has 1 aromatic carbocycles. The van der Waals surface area contributed by atoms with Crippen LogP contribution in [0.1, 0.15) is 24.2 Å². The molecule has 1 amide bonds. The lowest BCUT2D eigenvalue weighted by atomic mass is 10.0. The summed E-state index contributed by atoms with van der Waals surface area (Å²) in [5.41, 5.74) is 2.12. The van der Waals surface area contributed by atoms with Crippen molar-refractivity contribution in [3.8, 4) is 0 Å². The summed E-state index contributed by atoms with van der Waals surface area (Å²) in [6, 6.07) is 5.69. The zero-order chi connectivity index (χ0) is 13.9. The van der Waals surface area contributed by atoms with Crippen LogP contribution in [0.15, 0.2) is 18.2 Å². The number of anilines is 2. The fourth-order valence-electron chi connectivity index (χ4n) is 2.24. The number of benzene rings is 1. The average Bonchev–Trinajstić information content (AvgIpc) is 2.37. The maximum Gasteiger partial charge on any atom is 0.253 e. The number of nitrogens with one attached hydrogen (secondary N) is 3. The van der Waals surface area contributed by atoms with Crippen molar-refractivity contribution in [2.75, 3.05) is 37.4 Å². The molecule has 1 aromatic rings. The topological polar surface area (TPSA) is 62.4 Å². The van der Waals surface area contributed by atoms with Crippen molar-refractivity contribution in [1.82, 2.24) is 5.32 Å². The number of hydrogen-bond donors (Lipinski definition) is 3. The van der Waals surface area contributed by atoms with E-state index in [0.717, 1.165) is 24.5 Å². The van der Waals surface area contributed by atoms with Crippen LogP contribution in [0.5, 0.6) is 0 Å². The third-order valence-electron chi connectivity index (χ3n) is 3.01.